The van der Waals surface area contributed by atoms with Crippen LogP contribution in [0.3, 0.4) is 0 Å². The first-order chi connectivity index (χ1) is 8.35. The molecule has 0 aromatic carbocycles. The van der Waals surface area contributed by atoms with Gasteiger partial charge in [-0.25, -0.2) is 13.2 Å². The van der Waals surface area contributed by atoms with E-state index >= 15 is 0 Å². The largest absolute Gasteiger partial charge is 0.480 e. The Hall–Kier alpha value is -1.75. The van der Waals surface area contributed by atoms with Crippen LogP contribution >= 0.6 is 0 Å². The maximum absolute atomic E-state index is 11.9. The van der Waals surface area contributed by atoms with Crippen molar-refractivity contribution in [2.75, 3.05) is 37.7 Å². The van der Waals surface area contributed by atoms with E-state index in [0.717, 1.165) is 4.90 Å². The van der Waals surface area contributed by atoms with E-state index < -0.39 is 28.4 Å². The first-order valence-corrected chi connectivity index (χ1v) is 7.07. The normalized spacial score (nSPS) is 17.8. The number of carboxylic acids is 1. The zero-order chi connectivity index (χ0) is 13.8. The second-order valence-corrected chi connectivity index (χ2v) is 6.18. The van der Waals surface area contributed by atoms with Crippen LogP contribution < -0.4 is 0 Å². The Bertz CT molecular complexity index is 465. The van der Waals surface area contributed by atoms with E-state index in [4.69, 9.17) is 11.5 Å². The molecule has 1 aliphatic heterocycles. The smallest absolute Gasteiger partial charge is 0.323 e. The Kier molecular flexibility index (Phi) is 4.55. The highest BCUT2D eigenvalue weighted by Crippen LogP contribution is 2.07. The van der Waals surface area contributed by atoms with Gasteiger partial charge in [-0.1, -0.05) is 5.92 Å². The molecule has 1 N–H and O–H groups in total. The maximum atomic E-state index is 11.9. The summed E-state index contributed by atoms with van der Waals surface area (Å²) in [5, 5.41) is 8.66. The third-order valence-electron chi connectivity index (χ3n) is 2.49. The number of rotatable bonds is 3. The first kappa shape index (κ1) is 14.3. The molecule has 0 spiro atoms. The summed E-state index contributed by atoms with van der Waals surface area (Å²) in [7, 11) is -3.08. The molecule has 1 aliphatic rings. The fourth-order valence-electron chi connectivity index (χ4n) is 1.57. The van der Waals surface area contributed by atoms with Gasteiger partial charge in [-0.3, -0.25) is 4.79 Å². The Morgan fingerprint density at radius 1 is 1.33 bits per heavy atom. The molecule has 0 unspecified atom stereocenters. The number of aliphatic carboxylic acids is 1. The second-order valence-electron chi connectivity index (χ2n) is 3.88. The van der Waals surface area contributed by atoms with Crippen molar-refractivity contribution in [3.63, 3.8) is 0 Å². The number of nitrogens with zero attached hydrogens (tertiary/aromatic N) is 2. The van der Waals surface area contributed by atoms with E-state index in [-0.39, 0.29) is 31.1 Å². The van der Waals surface area contributed by atoms with E-state index in [9.17, 15) is 18.0 Å². The minimum Gasteiger partial charge on any atom is -0.480 e. The lowest BCUT2D eigenvalue weighted by Crippen LogP contribution is -2.51. The lowest BCUT2D eigenvalue weighted by Gasteiger charge is -2.31. The third-order valence-corrected chi connectivity index (χ3v) is 4.10. The van der Waals surface area contributed by atoms with Gasteiger partial charge in [0, 0.05) is 13.1 Å². The van der Waals surface area contributed by atoms with Crippen LogP contribution in [0, 0.1) is 12.3 Å². The van der Waals surface area contributed by atoms with Gasteiger partial charge in [-0.15, -0.1) is 6.42 Å². The monoisotopic (exact) mass is 274 g/mol. The molecule has 0 saturated carbocycles. The number of carboxylic acid groups (broad SMARTS) is 1. The third kappa shape index (κ3) is 3.92. The number of carbonyl (C=O) groups is 2. The zero-order valence-electron chi connectivity index (χ0n) is 9.70. The van der Waals surface area contributed by atoms with E-state index in [1.54, 1.807) is 0 Å². The summed E-state index contributed by atoms with van der Waals surface area (Å²) in [5.41, 5.74) is 0. The standard InChI is InChI=1S/C10H14N2O5S/c1-2-3-12(8-9(13)14)10(15)11-4-6-18(16,17)7-5-11/h1H,3-8H2,(H,13,14). The topological polar surface area (TPSA) is 95.0 Å². The van der Waals surface area contributed by atoms with E-state index in [0.29, 0.717) is 0 Å². The highest BCUT2D eigenvalue weighted by Gasteiger charge is 2.28. The Morgan fingerprint density at radius 2 is 1.89 bits per heavy atom. The molecule has 7 nitrogen and oxygen atoms in total. The van der Waals surface area contributed by atoms with Gasteiger partial charge in [-0.2, -0.15) is 0 Å². The quantitative estimate of drug-likeness (QED) is 0.656. The predicted octanol–water partition coefficient (Wildman–Crippen LogP) is -1.14. The van der Waals surface area contributed by atoms with Crippen LogP contribution in [0.15, 0.2) is 0 Å². The van der Waals surface area contributed by atoms with E-state index in [1.807, 2.05) is 0 Å². The Balaban J connectivity index is 2.67. The predicted molar refractivity (Wildman–Crippen MR) is 63.7 cm³/mol. The molecule has 1 fully saturated rings. The van der Waals surface area contributed by atoms with Crippen LogP contribution in [-0.2, 0) is 14.6 Å². The number of terminal acetylenes is 1. The van der Waals surface area contributed by atoms with Crippen LogP contribution in [0.25, 0.3) is 0 Å². The molecule has 0 aliphatic carbocycles. The summed E-state index contributed by atoms with van der Waals surface area (Å²) in [6.45, 7) is -0.468. The van der Waals surface area contributed by atoms with Gasteiger partial charge in [-0.05, 0) is 0 Å². The van der Waals surface area contributed by atoms with Crippen molar-refractivity contribution >= 4 is 21.8 Å². The van der Waals surface area contributed by atoms with Gasteiger partial charge < -0.3 is 14.9 Å². The van der Waals surface area contributed by atoms with Crippen molar-refractivity contribution in [3.8, 4) is 12.3 Å². The van der Waals surface area contributed by atoms with Crippen LogP contribution in [0.4, 0.5) is 4.79 Å². The molecule has 100 valence electrons. The average molecular weight is 274 g/mol. The number of amides is 2. The minimum absolute atomic E-state index is 0.0713. The zero-order valence-corrected chi connectivity index (χ0v) is 10.5. The van der Waals surface area contributed by atoms with Crippen LogP contribution in [0.1, 0.15) is 0 Å². The van der Waals surface area contributed by atoms with E-state index in [2.05, 4.69) is 5.92 Å². The van der Waals surface area contributed by atoms with Crippen molar-refractivity contribution in [2.24, 2.45) is 0 Å². The summed E-state index contributed by atoms with van der Waals surface area (Å²) in [5.74, 6) is 0.840. The fourth-order valence-corrected chi connectivity index (χ4v) is 2.77. The lowest BCUT2D eigenvalue weighted by molar-refractivity contribution is -0.137. The molecule has 0 radical (unpaired) electrons. The molecule has 1 rings (SSSR count). The van der Waals surface area contributed by atoms with E-state index in [1.165, 1.54) is 4.90 Å². The molecular formula is C10H14N2O5S. The van der Waals surface area contributed by atoms with Crippen molar-refractivity contribution in [2.45, 2.75) is 0 Å². The summed E-state index contributed by atoms with van der Waals surface area (Å²) >= 11 is 0. The molecule has 8 heteroatoms. The number of sulfone groups is 1. The second kappa shape index (κ2) is 5.73. The summed E-state index contributed by atoms with van der Waals surface area (Å²) in [6.07, 6.45) is 5.06. The van der Waals surface area contributed by atoms with Crippen LogP contribution in [0.2, 0.25) is 0 Å². The van der Waals surface area contributed by atoms with Gasteiger partial charge in [0.1, 0.15) is 6.54 Å². The fraction of sp³-hybridized carbons (Fsp3) is 0.600. The molecule has 2 amide bonds. The van der Waals surface area contributed by atoms with Crippen molar-refractivity contribution in [1.29, 1.82) is 0 Å². The van der Waals surface area contributed by atoms with Crippen molar-refractivity contribution < 1.29 is 23.1 Å². The average Bonchev–Trinajstić information content (AvgIpc) is 2.27. The molecule has 18 heavy (non-hydrogen) atoms. The Morgan fingerprint density at radius 3 is 2.33 bits per heavy atom. The van der Waals surface area contributed by atoms with Gasteiger partial charge >= 0.3 is 12.0 Å². The van der Waals surface area contributed by atoms with Crippen LogP contribution in [0.5, 0.6) is 0 Å². The van der Waals surface area contributed by atoms with Gasteiger partial charge in [0.05, 0.1) is 18.1 Å². The van der Waals surface area contributed by atoms with Crippen molar-refractivity contribution in [3.05, 3.63) is 0 Å². The molecule has 1 heterocycles. The van der Waals surface area contributed by atoms with Gasteiger partial charge in [0.2, 0.25) is 0 Å². The maximum Gasteiger partial charge on any atom is 0.323 e. The summed E-state index contributed by atoms with van der Waals surface area (Å²) in [6, 6.07) is -0.537. The molecular weight excluding hydrogens is 260 g/mol. The summed E-state index contributed by atoms with van der Waals surface area (Å²) in [4.78, 5) is 24.8. The van der Waals surface area contributed by atoms with Gasteiger partial charge in [0.15, 0.2) is 9.84 Å². The number of carbonyl (C=O) groups excluding carboxylic acids is 1. The van der Waals surface area contributed by atoms with Crippen molar-refractivity contribution in [1.82, 2.24) is 9.80 Å². The SMILES string of the molecule is C#CCN(CC(=O)O)C(=O)N1CCS(=O)(=O)CC1. The molecule has 0 aromatic heterocycles. The number of hydrogen-bond donors (Lipinski definition) is 1. The highest BCUT2D eigenvalue weighted by molar-refractivity contribution is 7.91. The number of urea groups is 1. The molecule has 1 saturated heterocycles. The first-order valence-electron chi connectivity index (χ1n) is 5.25. The van der Waals surface area contributed by atoms with Crippen LogP contribution in [-0.4, -0.2) is 73.0 Å². The summed E-state index contributed by atoms with van der Waals surface area (Å²) < 4.78 is 22.4. The number of hydrogen-bond acceptors (Lipinski definition) is 4. The lowest BCUT2D eigenvalue weighted by atomic mass is 10.4. The molecule has 0 atom stereocenters. The molecule has 0 aromatic rings. The molecule has 0 bridgehead atoms. The van der Waals surface area contributed by atoms with Gasteiger partial charge in [0.25, 0.3) is 0 Å². The minimum atomic E-state index is -3.08. The Labute approximate surface area is 105 Å². The highest BCUT2D eigenvalue weighted by atomic mass is 32.2.